The molecule has 0 heterocycles. The van der Waals surface area contributed by atoms with Crippen molar-refractivity contribution in [2.45, 2.75) is 45.0 Å². The second kappa shape index (κ2) is 8.30. The summed E-state index contributed by atoms with van der Waals surface area (Å²) in [5.74, 6) is 0.0796. The van der Waals surface area contributed by atoms with Gasteiger partial charge in [-0.15, -0.1) is 0 Å². The predicted molar refractivity (Wildman–Crippen MR) is 76.6 cm³/mol. The molecule has 8 nitrogen and oxygen atoms in total. The molecule has 0 saturated heterocycles. The Morgan fingerprint density at radius 2 is 1.91 bits per heavy atom. The van der Waals surface area contributed by atoms with Gasteiger partial charge in [-0.3, -0.25) is 10.1 Å². The van der Waals surface area contributed by atoms with Gasteiger partial charge in [0.1, 0.15) is 11.9 Å². The lowest BCUT2D eigenvalue weighted by Crippen LogP contribution is -2.33. The maximum absolute atomic E-state index is 11.6. The first-order valence-corrected chi connectivity index (χ1v) is 6.82. The number of aliphatic hydroxyl groups is 2. The molecule has 0 radical (unpaired) electrons. The number of aliphatic hydroxyl groups excluding tert-OH is 2. The minimum atomic E-state index is -1.05. The predicted octanol–water partition coefficient (Wildman–Crippen LogP) is 2.02. The molecule has 0 aliphatic carbocycles. The molecule has 1 aromatic carbocycles. The zero-order valence-corrected chi connectivity index (χ0v) is 12.3. The summed E-state index contributed by atoms with van der Waals surface area (Å²) in [6, 6.07) is 4.90. The van der Waals surface area contributed by atoms with Gasteiger partial charge in [0.25, 0.3) is 5.69 Å². The molecular formula is C14H19NO7. The molecule has 22 heavy (non-hydrogen) atoms. The summed E-state index contributed by atoms with van der Waals surface area (Å²) < 4.78 is 9.83. The van der Waals surface area contributed by atoms with E-state index in [0.29, 0.717) is 6.42 Å². The summed E-state index contributed by atoms with van der Waals surface area (Å²) in [6.07, 6.45) is -3.08. The van der Waals surface area contributed by atoms with E-state index in [4.69, 9.17) is 9.47 Å². The second-order valence-electron chi connectivity index (χ2n) is 4.80. The molecule has 0 bridgehead atoms. The monoisotopic (exact) mass is 313 g/mol. The molecule has 122 valence electrons. The normalized spacial score (nSPS) is 14.7. The highest BCUT2D eigenvalue weighted by molar-refractivity contribution is 5.64. The van der Waals surface area contributed by atoms with Crippen molar-refractivity contribution in [2.75, 3.05) is 0 Å². The highest BCUT2D eigenvalue weighted by Crippen LogP contribution is 2.18. The molecule has 0 aliphatic rings. The molecule has 3 unspecified atom stereocenters. The minimum Gasteiger partial charge on any atom is -0.428 e. The van der Waals surface area contributed by atoms with E-state index in [0.717, 1.165) is 0 Å². The molecule has 0 saturated carbocycles. The van der Waals surface area contributed by atoms with Crippen LogP contribution in [0, 0.1) is 10.1 Å². The first kappa shape index (κ1) is 17.9. The Morgan fingerprint density at radius 1 is 1.32 bits per heavy atom. The Morgan fingerprint density at radius 3 is 2.36 bits per heavy atom. The summed E-state index contributed by atoms with van der Waals surface area (Å²) in [5.41, 5.74) is -0.131. The number of carbonyl (C=O) groups is 1. The number of carbonyl (C=O) groups excluding carboxylic acids is 1. The number of benzene rings is 1. The van der Waals surface area contributed by atoms with E-state index in [9.17, 15) is 25.1 Å². The number of hydrogen-bond donors (Lipinski definition) is 2. The molecule has 3 atom stereocenters. The Kier molecular flexibility index (Phi) is 6.74. The van der Waals surface area contributed by atoms with E-state index in [2.05, 4.69) is 0 Å². The third kappa shape index (κ3) is 5.66. The topological polar surface area (TPSA) is 119 Å². The molecule has 2 N–H and O–H groups in total. The van der Waals surface area contributed by atoms with Gasteiger partial charge in [-0.05, 0) is 25.5 Å². The Balaban J connectivity index is 2.61. The fraction of sp³-hybridized carbons (Fsp3) is 0.500. The van der Waals surface area contributed by atoms with Gasteiger partial charge in [0, 0.05) is 18.6 Å². The zero-order chi connectivity index (χ0) is 16.7. The molecule has 0 aromatic heterocycles. The molecule has 1 aromatic rings. The summed E-state index contributed by atoms with van der Waals surface area (Å²) in [5, 5.41) is 29.6. The van der Waals surface area contributed by atoms with Crippen LogP contribution in [0.4, 0.5) is 10.5 Å². The fourth-order valence-electron chi connectivity index (χ4n) is 1.66. The van der Waals surface area contributed by atoms with Crippen molar-refractivity contribution in [1.29, 1.82) is 0 Å². The Labute approximate surface area is 127 Å². The molecular weight excluding hydrogens is 294 g/mol. The molecule has 0 aliphatic heterocycles. The van der Waals surface area contributed by atoms with Crippen LogP contribution in [0.2, 0.25) is 0 Å². The van der Waals surface area contributed by atoms with Crippen molar-refractivity contribution >= 4 is 11.8 Å². The molecule has 1 rings (SSSR count). The average molecular weight is 313 g/mol. The van der Waals surface area contributed by atoms with Crippen LogP contribution >= 0.6 is 0 Å². The SMILES string of the molecule is CCC(O)CC(OC(=O)Oc1ccc([N+](=O)[O-])cc1)C(C)O. The lowest BCUT2D eigenvalue weighted by molar-refractivity contribution is -0.384. The van der Waals surface area contributed by atoms with Gasteiger partial charge < -0.3 is 19.7 Å². The Bertz CT molecular complexity index is 500. The van der Waals surface area contributed by atoms with Crippen LogP contribution in [-0.4, -0.2) is 39.6 Å². The van der Waals surface area contributed by atoms with Gasteiger partial charge in [-0.1, -0.05) is 6.92 Å². The molecule has 0 amide bonds. The summed E-state index contributed by atoms with van der Waals surface area (Å²) in [4.78, 5) is 21.6. The van der Waals surface area contributed by atoms with Crippen LogP contribution < -0.4 is 4.74 Å². The van der Waals surface area contributed by atoms with Crippen LogP contribution in [-0.2, 0) is 4.74 Å². The van der Waals surface area contributed by atoms with Crippen molar-refractivity contribution < 1.29 is 29.4 Å². The first-order chi connectivity index (χ1) is 10.3. The highest BCUT2D eigenvalue weighted by Gasteiger charge is 2.24. The molecule has 0 spiro atoms. The van der Waals surface area contributed by atoms with E-state index in [1.54, 1.807) is 6.92 Å². The summed E-state index contributed by atoms with van der Waals surface area (Å²) in [7, 11) is 0. The van der Waals surface area contributed by atoms with Crippen LogP contribution in [0.25, 0.3) is 0 Å². The van der Waals surface area contributed by atoms with E-state index in [-0.39, 0.29) is 17.9 Å². The van der Waals surface area contributed by atoms with Gasteiger partial charge in [0.05, 0.1) is 17.1 Å². The number of nitro groups is 1. The molecule has 0 fully saturated rings. The quantitative estimate of drug-likeness (QED) is 0.342. The number of ether oxygens (including phenoxy) is 2. The lowest BCUT2D eigenvalue weighted by Gasteiger charge is -2.22. The summed E-state index contributed by atoms with van der Waals surface area (Å²) in [6.45, 7) is 3.20. The van der Waals surface area contributed by atoms with E-state index in [1.165, 1.54) is 31.2 Å². The zero-order valence-electron chi connectivity index (χ0n) is 12.3. The number of nitro benzene ring substituents is 1. The van der Waals surface area contributed by atoms with Crippen molar-refractivity contribution in [3.63, 3.8) is 0 Å². The fourth-order valence-corrected chi connectivity index (χ4v) is 1.66. The standard InChI is InChI=1S/C14H19NO7/c1-3-11(17)8-13(9(2)16)22-14(18)21-12-6-4-10(5-7-12)15(19)20/h4-7,9,11,13,16-17H,3,8H2,1-2H3. The third-order valence-corrected chi connectivity index (χ3v) is 3.01. The number of non-ortho nitro benzene ring substituents is 1. The molecule has 8 heteroatoms. The average Bonchev–Trinajstić information content (AvgIpc) is 2.46. The van der Waals surface area contributed by atoms with E-state index >= 15 is 0 Å². The maximum Gasteiger partial charge on any atom is 0.514 e. The third-order valence-electron chi connectivity index (χ3n) is 3.01. The van der Waals surface area contributed by atoms with Crippen molar-refractivity contribution in [1.82, 2.24) is 0 Å². The van der Waals surface area contributed by atoms with Crippen LogP contribution in [0.3, 0.4) is 0 Å². The first-order valence-electron chi connectivity index (χ1n) is 6.82. The number of rotatable bonds is 7. The van der Waals surface area contributed by atoms with Crippen molar-refractivity contribution in [2.24, 2.45) is 0 Å². The van der Waals surface area contributed by atoms with Crippen LogP contribution in [0.1, 0.15) is 26.7 Å². The largest absolute Gasteiger partial charge is 0.514 e. The van der Waals surface area contributed by atoms with Gasteiger partial charge in [0.2, 0.25) is 0 Å². The van der Waals surface area contributed by atoms with Crippen molar-refractivity contribution in [3.05, 3.63) is 34.4 Å². The van der Waals surface area contributed by atoms with Gasteiger partial charge in [-0.25, -0.2) is 4.79 Å². The van der Waals surface area contributed by atoms with Gasteiger partial charge in [0.15, 0.2) is 0 Å². The van der Waals surface area contributed by atoms with Crippen LogP contribution in [0.15, 0.2) is 24.3 Å². The highest BCUT2D eigenvalue weighted by atomic mass is 16.7. The van der Waals surface area contributed by atoms with Gasteiger partial charge in [-0.2, -0.15) is 0 Å². The summed E-state index contributed by atoms with van der Waals surface area (Å²) >= 11 is 0. The van der Waals surface area contributed by atoms with Crippen LogP contribution in [0.5, 0.6) is 5.75 Å². The maximum atomic E-state index is 11.6. The second-order valence-corrected chi connectivity index (χ2v) is 4.80. The number of nitrogens with zero attached hydrogens (tertiary/aromatic N) is 1. The van der Waals surface area contributed by atoms with E-state index < -0.39 is 29.4 Å². The van der Waals surface area contributed by atoms with E-state index in [1.807, 2.05) is 0 Å². The minimum absolute atomic E-state index is 0.0796. The van der Waals surface area contributed by atoms with Crippen molar-refractivity contribution in [3.8, 4) is 5.75 Å². The van der Waals surface area contributed by atoms with Gasteiger partial charge >= 0.3 is 6.16 Å². The smallest absolute Gasteiger partial charge is 0.428 e. The number of hydrogen-bond acceptors (Lipinski definition) is 7. The Hall–Kier alpha value is -2.19. The lowest BCUT2D eigenvalue weighted by atomic mass is 10.1.